The van der Waals surface area contributed by atoms with E-state index in [4.69, 9.17) is 10.5 Å². The van der Waals surface area contributed by atoms with Crippen LogP contribution in [0, 0.1) is 6.92 Å². The van der Waals surface area contributed by atoms with Crippen LogP contribution in [-0.2, 0) is 16.1 Å². The topological polar surface area (TPSA) is 55.6 Å². The highest BCUT2D eigenvalue weighted by Crippen LogP contribution is 2.18. The molecule has 1 aromatic rings. The fourth-order valence-electron chi connectivity index (χ4n) is 1.80. The smallest absolute Gasteiger partial charge is 0.248 e. The lowest BCUT2D eigenvalue weighted by Crippen LogP contribution is -2.41. The average Bonchev–Trinajstić information content (AvgIpc) is 2.28. The van der Waals surface area contributed by atoms with Gasteiger partial charge in [-0.25, -0.2) is 0 Å². The maximum atomic E-state index is 11.6. The third-order valence-corrected chi connectivity index (χ3v) is 2.93. The van der Waals surface area contributed by atoms with E-state index >= 15 is 0 Å². The number of carbonyl (C=O) groups excluding carboxylic acids is 1. The Morgan fingerprint density at radius 1 is 1.50 bits per heavy atom. The van der Waals surface area contributed by atoms with Crippen molar-refractivity contribution in [1.82, 2.24) is 4.90 Å². The molecule has 0 bridgehead atoms. The minimum absolute atomic E-state index is 0.0491. The molecular formula is C12H16N2O2. The van der Waals surface area contributed by atoms with E-state index < -0.39 is 0 Å². The number of hydrogen-bond acceptors (Lipinski definition) is 3. The molecule has 2 rings (SSSR count). The summed E-state index contributed by atoms with van der Waals surface area (Å²) in [6, 6.07) is 5.80. The SMILES string of the molecule is Cc1c(N)cccc1CN1CCOCC1=O. The molecule has 4 heteroatoms. The van der Waals surface area contributed by atoms with Gasteiger partial charge in [-0.05, 0) is 24.1 Å². The first-order valence-electron chi connectivity index (χ1n) is 5.38. The number of hydrogen-bond donors (Lipinski definition) is 1. The summed E-state index contributed by atoms with van der Waals surface area (Å²) in [6.45, 7) is 4.08. The van der Waals surface area contributed by atoms with Crippen molar-refractivity contribution in [2.24, 2.45) is 0 Å². The molecule has 0 aromatic heterocycles. The van der Waals surface area contributed by atoms with Gasteiger partial charge in [0, 0.05) is 18.8 Å². The van der Waals surface area contributed by atoms with E-state index in [1.807, 2.05) is 30.0 Å². The molecule has 1 aliphatic rings. The quantitative estimate of drug-likeness (QED) is 0.754. The Balaban J connectivity index is 2.14. The summed E-state index contributed by atoms with van der Waals surface area (Å²) in [4.78, 5) is 13.4. The number of anilines is 1. The first-order valence-corrected chi connectivity index (χ1v) is 5.38. The number of ether oxygens (including phenoxy) is 1. The van der Waals surface area contributed by atoms with Crippen molar-refractivity contribution >= 4 is 11.6 Å². The number of nitrogen functional groups attached to an aromatic ring is 1. The van der Waals surface area contributed by atoms with Crippen LogP contribution in [0.4, 0.5) is 5.69 Å². The third-order valence-electron chi connectivity index (χ3n) is 2.93. The lowest BCUT2D eigenvalue weighted by atomic mass is 10.1. The molecule has 1 aromatic carbocycles. The number of rotatable bonds is 2. The van der Waals surface area contributed by atoms with E-state index in [0.717, 1.165) is 16.8 Å². The van der Waals surface area contributed by atoms with Crippen LogP contribution in [0.25, 0.3) is 0 Å². The predicted octanol–water partition coefficient (Wildman–Crippen LogP) is 0.936. The van der Waals surface area contributed by atoms with Crippen molar-refractivity contribution in [2.75, 3.05) is 25.5 Å². The lowest BCUT2D eigenvalue weighted by Gasteiger charge is -2.27. The van der Waals surface area contributed by atoms with Gasteiger partial charge in [-0.2, -0.15) is 0 Å². The molecule has 2 N–H and O–H groups in total. The van der Waals surface area contributed by atoms with Crippen molar-refractivity contribution in [3.8, 4) is 0 Å². The van der Waals surface area contributed by atoms with Gasteiger partial charge in [0.1, 0.15) is 6.61 Å². The Hall–Kier alpha value is -1.55. The predicted molar refractivity (Wildman–Crippen MR) is 61.8 cm³/mol. The number of morpholine rings is 1. The molecule has 86 valence electrons. The largest absolute Gasteiger partial charge is 0.399 e. The van der Waals surface area contributed by atoms with Gasteiger partial charge in [-0.3, -0.25) is 4.79 Å². The summed E-state index contributed by atoms with van der Waals surface area (Å²) < 4.78 is 5.09. The summed E-state index contributed by atoms with van der Waals surface area (Å²) in [7, 11) is 0. The highest BCUT2D eigenvalue weighted by Gasteiger charge is 2.19. The van der Waals surface area contributed by atoms with E-state index in [1.54, 1.807) is 0 Å². The second kappa shape index (κ2) is 4.53. The van der Waals surface area contributed by atoms with E-state index in [0.29, 0.717) is 19.7 Å². The number of amides is 1. The summed E-state index contributed by atoms with van der Waals surface area (Å²) in [6.07, 6.45) is 0. The van der Waals surface area contributed by atoms with Gasteiger partial charge in [0.2, 0.25) is 5.91 Å². The minimum Gasteiger partial charge on any atom is -0.399 e. The van der Waals surface area contributed by atoms with Crippen LogP contribution in [0.2, 0.25) is 0 Å². The van der Waals surface area contributed by atoms with Gasteiger partial charge in [-0.15, -0.1) is 0 Å². The molecule has 0 spiro atoms. The summed E-state index contributed by atoms with van der Waals surface area (Å²) in [5.74, 6) is 0.0491. The Kier molecular flexibility index (Phi) is 3.10. The van der Waals surface area contributed by atoms with Crippen LogP contribution in [-0.4, -0.2) is 30.6 Å². The van der Waals surface area contributed by atoms with Crippen LogP contribution < -0.4 is 5.73 Å². The Bertz CT molecular complexity index is 404. The molecule has 0 saturated carbocycles. The van der Waals surface area contributed by atoms with Gasteiger partial charge in [0.15, 0.2) is 0 Å². The molecule has 1 fully saturated rings. The summed E-state index contributed by atoms with van der Waals surface area (Å²) in [5, 5.41) is 0. The Morgan fingerprint density at radius 3 is 3.06 bits per heavy atom. The van der Waals surface area contributed by atoms with Gasteiger partial charge >= 0.3 is 0 Å². The number of nitrogens with two attached hydrogens (primary N) is 1. The second-order valence-corrected chi connectivity index (χ2v) is 4.00. The second-order valence-electron chi connectivity index (χ2n) is 4.00. The Labute approximate surface area is 95.0 Å². The van der Waals surface area contributed by atoms with Crippen molar-refractivity contribution in [2.45, 2.75) is 13.5 Å². The molecule has 1 heterocycles. The molecule has 1 aliphatic heterocycles. The molecule has 0 atom stereocenters. The molecule has 16 heavy (non-hydrogen) atoms. The Morgan fingerprint density at radius 2 is 2.31 bits per heavy atom. The number of benzene rings is 1. The fraction of sp³-hybridized carbons (Fsp3) is 0.417. The normalized spacial score (nSPS) is 16.6. The summed E-state index contributed by atoms with van der Waals surface area (Å²) >= 11 is 0. The van der Waals surface area contributed by atoms with Gasteiger partial charge in [0.05, 0.1) is 6.61 Å². The van der Waals surface area contributed by atoms with E-state index in [2.05, 4.69) is 0 Å². The van der Waals surface area contributed by atoms with Gasteiger partial charge in [-0.1, -0.05) is 12.1 Å². The maximum Gasteiger partial charge on any atom is 0.248 e. The van der Waals surface area contributed by atoms with Crippen molar-refractivity contribution < 1.29 is 9.53 Å². The minimum atomic E-state index is 0.0491. The molecule has 1 saturated heterocycles. The van der Waals surface area contributed by atoms with Crippen molar-refractivity contribution in [3.05, 3.63) is 29.3 Å². The zero-order chi connectivity index (χ0) is 11.5. The van der Waals surface area contributed by atoms with Gasteiger partial charge < -0.3 is 15.4 Å². The van der Waals surface area contributed by atoms with Crippen molar-refractivity contribution in [1.29, 1.82) is 0 Å². The van der Waals surface area contributed by atoms with Crippen LogP contribution in [0.15, 0.2) is 18.2 Å². The highest BCUT2D eigenvalue weighted by molar-refractivity contribution is 5.78. The molecular weight excluding hydrogens is 204 g/mol. The number of carbonyl (C=O) groups is 1. The highest BCUT2D eigenvalue weighted by atomic mass is 16.5. The van der Waals surface area contributed by atoms with E-state index in [-0.39, 0.29) is 12.5 Å². The van der Waals surface area contributed by atoms with E-state index in [1.165, 1.54) is 0 Å². The molecule has 0 aliphatic carbocycles. The van der Waals surface area contributed by atoms with Gasteiger partial charge in [0.25, 0.3) is 0 Å². The zero-order valence-corrected chi connectivity index (χ0v) is 9.40. The zero-order valence-electron chi connectivity index (χ0n) is 9.40. The van der Waals surface area contributed by atoms with Crippen LogP contribution in [0.5, 0.6) is 0 Å². The lowest BCUT2D eigenvalue weighted by molar-refractivity contribution is -0.143. The first kappa shape index (κ1) is 11.0. The van der Waals surface area contributed by atoms with Crippen LogP contribution >= 0.6 is 0 Å². The standard InChI is InChI=1S/C12H16N2O2/c1-9-10(3-2-4-11(9)13)7-14-5-6-16-8-12(14)15/h2-4H,5-8,13H2,1H3. The van der Waals surface area contributed by atoms with E-state index in [9.17, 15) is 4.79 Å². The molecule has 0 radical (unpaired) electrons. The molecule has 1 amide bonds. The first-order chi connectivity index (χ1) is 7.68. The fourth-order valence-corrected chi connectivity index (χ4v) is 1.80. The summed E-state index contributed by atoms with van der Waals surface area (Å²) in [5.41, 5.74) is 8.77. The number of nitrogens with zero attached hydrogens (tertiary/aromatic N) is 1. The maximum absolute atomic E-state index is 11.6. The molecule has 0 unspecified atom stereocenters. The third kappa shape index (κ3) is 2.17. The van der Waals surface area contributed by atoms with Crippen LogP contribution in [0.1, 0.15) is 11.1 Å². The monoisotopic (exact) mass is 220 g/mol. The average molecular weight is 220 g/mol. The molecule has 4 nitrogen and oxygen atoms in total. The van der Waals surface area contributed by atoms with Crippen molar-refractivity contribution in [3.63, 3.8) is 0 Å². The van der Waals surface area contributed by atoms with Crippen LogP contribution in [0.3, 0.4) is 0 Å².